The van der Waals surface area contributed by atoms with Crippen LogP contribution in [0.3, 0.4) is 0 Å². The molecular formula is C21H44. The molecule has 0 saturated heterocycles. The number of hydrogen-bond donors (Lipinski definition) is 0. The lowest BCUT2D eigenvalue weighted by atomic mass is 9.82. The van der Waals surface area contributed by atoms with Gasteiger partial charge in [-0.25, -0.2) is 0 Å². The van der Waals surface area contributed by atoms with Crippen LogP contribution in [0.1, 0.15) is 130 Å². The van der Waals surface area contributed by atoms with E-state index in [0.29, 0.717) is 5.41 Å². The predicted molar refractivity (Wildman–Crippen MR) is 99.0 cm³/mol. The molecule has 0 spiro atoms. The third-order valence-electron chi connectivity index (χ3n) is 4.91. The molecule has 0 unspecified atom stereocenters. The van der Waals surface area contributed by atoms with E-state index in [4.69, 9.17) is 0 Å². The Kier molecular flexibility index (Phi) is 14.9. The van der Waals surface area contributed by atoms with E-state index in [1.165, 1.54) is 103 Å². The average Bonchev–Trinajstić information content (AvgIpc) is 2.45. The van der Waals surface area contributed by atoms with Crippen molar-refractivity contribution in [2.24, 2.45) is 5.41 Å². The van der Waals surface area contributed by atoms with Gasteiger partial charge in [-0.15, -0.1) is 0 Å². The van der Waals surface area contributed by atoms with E-state index < -0.39 is 0 Å². The van der Waals surface area contributed by atoms with Crippen LogP contribution in [-0.2, 0) is 0 Å². The average molecular weight is 297 g/mol. The summed E-state index contributed by atoms with van der Waals surface area (Å²) < 4.78 is 0. The number of rotatable bonds is 16. The lowest BCUT2D eigenvalue weighted by molar-refractivity contribution is 0.282. The quantitative estimate of drug-likeness (QED) is 0.251. The maximum atomic E-state index is 2.49. The Morgan fingerprint density at radius 1 is 0.429 bits per heavy atom. The summed E-state index contributed by atoms with van der Waals surface area (Å²) in [6.45, 7) is 9.57. The van der Waals surface area contributed by atoms with Gasteiger partial charge in [0, 0.05) is 0 Å². The summed E-state index contributed by atoms with van der Waals surface area (Å²) in [5.41, 5.74) is 0.590. The molecule has 0 aliphatic carbocycles. The minimum Gasteiger partial charge on any atom is -0.0654 e. The maximum absolute atomic E-state index is 2.49. The van der Waals surface area contributed by atoms with Gasteiger partial charge in [-0.05, 0) is 18.3 Å². The molecule has 0 heterocycles. The minimum atomic E-state index is 0.590. The van der Waals surface area contributed by atoms with Crippen molar-refractivity contribution in [2.45, 2.75) is 130 Å². The largest absolute Gasteiger partial charge is 0.0654 e. The first kappa shape index (κ1) is 21.0. The van der Waals surface area contributed by atoms with Gasteiger partial charge in [0.2, 0.25) is 0 Å². The summed E-state index contributed by atoms with van der Waals surface area (Å²) in [7, 11) is 0. The highest BCUT2D eigenvalue weighted by molar-refractivity contribution is 4.68. The van der Waals surface area contributed by atoms with Gasteiger partial charge in [0.1, 0.15) is 0 Å². The molecule has 0 bridgehead atoms. The van der Waals surface area contributed by atoms with Gasteiger partial charge >= 0.3 is 0 Å². The molecule has 0 amide bonds. The van der Waals surface area contributed by atoms with Crippen molar-refractivity contribution in [3.8, 4) is 0 Å². The molecule has 0 radical (unpaired) electrons. The van der Waals surface area contributed by atoms with Crippen LogP contribution in [0, 0.1) is 5.41 Å². The lowest BCUT2D eigenvalue weighted by Crippen LogP contribution is -2.11. The molecule has 0 atom stereocenters. The van der Waals surface area contributed by atoms with E-state index in [2.05, 4.69) is 27.7 Å². The number of hydrogen-bond acceptors (Lipinski definition) is 0. The third-order valence-corrected chi connectivity index (χ3v) is 4.91. The minimum absolute atomic E-state index is 0.590. The van der Waals surface area contributed by atoms with E-state index >= 15 is 0 Å². The van der Waals surface area contributed by atoms with E-state index in [1.54, 1.807) is 0 Å². The van der Waals surface area contributed by atoms with E-state index in [9.17, 15) is 0 Å². The molecule has 128 valence electrons. The summed E-state index contributed by atoms with van der Waals surface area (Å²) >= 11 is 0. The Labute approximate surface area is 136 Å². The van der Waals surface area contributed by atoms with Crippen molar-refractivity contribution >= 4 is 0 Å². The molecule has 0 N–H and O–H groups in total. The first-order chi connectivity index (χ1) is 10.1. The lowest BCUT2D eigenvalue weighted by Gasteiger charge is -2.24. The summed E-state index contributed by atoms with van der Waals surface area (Å²) in [6, 6.07) is 0. The second-order valence-corrected chi connectivity index (χ2v) is 7.91. The van der Waals surface area contributed by atoms with Crippen LogP contribution in [0.25, 0.3) is 0 Å². The second-order valence-electron chi connectivity index (χ2n) is 7.91. The Balaban J connectivity index is 3.35. The highest BCUT2D eigenvalue weighted by Crippen LogP contribution is 2.30. The van der Waals surface area contributed by atoms with Crippen LogP contribution in [0.4, 0.5) is 0 Å². The van der Waals surface area contributed by atoms with Crippen molar-refractivity contribution in [3.63, 3.8) is 0 Å². The molecule has 0 nitrogen and oxygen atoms in total. The standard InChI is InChI=1S/C21H44/c1-5-7-9-11-13-15-17-19-21(3,4)20-18-16-14-12-10-8-6-2/h5-20H2,1-4H3. The SMILES string of the molecule is CCCCCCCCCC(C)(C)CCCCCCCCC. The van der Waals surface area contributed by atoms with Crippen LogP contribution in [-0.4, -0.2) is 0 Å². The molecule has 0 aromatic rings. The number of unbranched alkanes of at least 4 members (excludes halogenated alkanes) is 12. The van der Waals surface area contributed by atoms with Crippen LogP contribution in [0.5, 0.6) is 0 Å². The van der Waals surface area contributed by atoms with Crippen LogP contribution >= 0.6 is 0 Å². The zero-order valence-electron chi connectivity index (χ0n) is 15.8. The van der Waals surface area contributed by atoms with Gasteiger partial charge in [-0.1, -0.05) is 118 Å². The van der Waals surface area contributed by atoms with Crippen molar-refractivity contribution < 1.29 is 0 Å². The molecule has 0 aromatic heterocycles. The fraction of sp³-hybridized carbons (Fsp3) is 1.00. The van der Waals surface area contributed by atoms with Gasteiger partial charge in [0.15, 0.2) is 0 Å². The Morgan fingerprint density at radius 2 is 0.714 bits per heavy atom. The molecule has 0 aliphatic heterocycles. The fourth-order valence-corrected chi connectivity index (χ4v) is 3.25. The molecule has 0 aromatic carbocycles. The zero-order valence-corrected chi connectivity index (χ0v) is 15.8. The van der Waals surface area contributed by atoms with Crippen molar-refractivity contribution in [1.82, 2.24) is 0 Å². The van der Waals surface area contributed by atoms with Crippen LogP contribution < -0.4 is 0 Å². The first-order valence-corrected chi connectivity index (χ1v) is 10.1. The van der Waals surface area contributed by atoms with E-state index in [0.717, 1.165) is 0 Å². The second kappa shape index (κ2) is 14.9. The third kappa shape index (κ3) is 16.2. The maximum Gasteiger partial charge on any atom is -0.0354 e. The van der Waals surface area contributed by atoms with Crippen LogP contribution in [0.15, 0.2) is 0 Å². The summed E-state index contributed by atoms with van der Waals surface area (Å²) in [4.78, 5) is 0. The Morgan fingerprint density at radius 3 is 1.05 bits per heavy atom. The smallest absolute Gasteiger partial charge is 0.0354 e. The summed E-state index contributed by atoms with van der Waals surface area (Å²) in [6.07, 6.45) is 23.1. The van der Waals surface area contributed by atoms with E-state index in [1.807, 2.05) is 0 Å². The molecule has 21 heavy (non-hydrogen) atoms. The summed E-state index contributed by atoms with van der Waals surface area (Å²) in [5.74, 6) is 0. The van der Waals surface area contributed by atoms with Crippen LogP contribution in [0.2, 0.25) is 0 Å². The van der Waals surface area contributed by atoms with Gasteiger partial charge < -0.3 is 0 Å². The fourth-order valence-electron chi connectivity index (χ4n) is 3.25. The van der Waals surface area contributed by atoms with Gasteiger partial charge in [-0.2, -0.15) is 0 Å². The molecule has 0 aliphatic rings. The molecule has 0 heteroatoms. The van der Waals surface area contributed by atoms with Gasteiger partial charge in [0.25, 0.3) is 0 Å². The van der Waals surface area contributed by atoms with Crippen molar-refractivity contribution in [1.29, 1.82) is 0 Å². The van der Waals surface area contributed by atoms with Crippen molar-refractivity contribution in [2.75, 3.05) is 0 Å². The first-order valence-electron chi connectivity index (χ1n) is 10.1. The Hall–Kier alpha value is 0. The monoisotopic (exact) mass is 296 g/mol. The zero-order chi connectivity index (χ0) is 15.8. The van der Waals surface area contributed by atoms with Gasteiger partial charge in [-0.3, -0.25) is 0 Å². The highest BCUT2D eigenvalue weighted by Gasteiger charge is 2.16. The van der Waals surface area contributed by atoms with Gasteiger partial charge in [0.05, 0.1) is 0 Å². The van der Waals surface area contributed by atoms with E-state index in [-0.39, 0.29) is 0 Å². The summed E-state index contributed by atoms with van der Waals surface area (Å²) in [5, 5.41) is 0. The molecule has 0 saturated carbocycles. The topological polar surface area (TPSA) is 0 Å². The highest BCUT2D eigenvalue weighted by atomic mass is 14.2. The normalized spacial score (nSPS) is 12.0. The van der Waals surface area contributed by atoms with Crippen molar-refractivity contribution in [3.05, 3.63) is 0 Å². The molecule has 0 rings (SSSR count). The molecule has 0 fully saturated rings. The Bertz CT molecular complexity index is 172. The molecular weight excluding hydrogens is 252 g/mol. The predicted octanol–water partition coefficient (Wildman–Crippen LogP) is 8.29.